The highest BCUT2D eigenvalue weighted by atomic mass is 35.5. The number of rotatable bonds is 12. The number of halogens is 2. The molecule has 4 nitrogen and oxygen atoms in total. The first-order valence-corrected chi connectivity index (χ1v) is 17.6. The molecule has 202 valence electrons. The lowest BCUT2D eigenvalue weighted by molar-refractivity contribution is -0.160. The Morgan fingerprint density at radius 3 is 2.46 bits per heavy atom. The number of ether oxygens (including phenoxy) is 1. The number of carbonyl (C=O) groups is 1. The molecule has 4 atom stereocenters. The molecular formula is C30H41Cl2NO3Si. The molecule has 1 amide bonds. The maximum atomic E-state index is 14.5. The summed E-state index contributed by atoms with van der Waals surface area (Å²) in [7, 11) is -1.27. The molecule has 7 heteroatoms. The molecule has 0 saturated carbocycles. The number of carbonyl (C=O) groups excluding carboxylic acids is 1. The van der Waals surface area contributed by atoms with Gasteiger partial charge in [0.2, 0.25) is 5.91 Å². The highest BCUT2D eigenvalue weighted by Crippen LogP contribution is 2.52. The Bertz CT molecular complexity index is 1060. The Kier molecular flexibility index (Phi) is 10.5. The van der Waals surface area contributed by atoms with Crippen LogP contribution in [0.5, 0.6) is 0 Å². The van der Waals surface area contributed by atoms with E-state index in [4.69, 9.17) is 27.9 Å². The van der Waals surface area contributed by atoms with Crippen molar-refractivity contribution >= 4 is 37.2 Å². The normalized spacial score (nSPS) is 23.2. The lowest BCUT2D eigenvalue weighted by atomic mass is 9.66. The van der Waals surface area contributed by atoms with Crippen molar-refractivity contribution in [1.82, 2.24) is 4.90 Å². The van der Waals surface area contributed by atoms with Gasteiger partial charge in [-0.1, -0.05) is 73.2 Å². The zero-order valence-corrected chi connectivity index (χ0v) is 25.1. The standard InChI is InChI=1S/C30H41Cl2NO3Si/c1-6-15-30(21-36-17-18-37(3,4)5)20-27(24-8-7-9-26(32)19-24)28(23-10-12-25(31)13-11-23)33(29(30)35)22(2)14-16-34/h6-13,19,22,27-28,34H,1,14-18,20-21H2,2-5H3/t22-,27+,28+,30-/m0/s1. The first-order valence-electron chi connectivity index (χ1n) is 13.1. The van der Waals surface area contributed by atoms with Crippen molar-refractivity contribution in [3.8, 4) is 0 Å². The fraction of sp³-hybridized carbons (Fsp3) is 0.500. The molecule has 0 bridgehead atoms. The van der Waals surface area contributed by atoms with Gasteiger partial charge in [0, 0.05) is 43.3 Å². The third-order valence-corrected chi connectivity index (χ3v) is 9.59. The molecule has 1 N–H and O–H groups in total. The van der Waals surface area contributed by atoms with Crippen LogP contribution in [-0.2, 0) is 9.53 Å². The lowest BCUT2D eigenvalue weighted by Crippen LogP contribution is -2.57. The highest BCUT2D eigenvalue weighted by molar-refractivity contribution is 6.76. The summed E-state index contributed by atoms with van der Waals surface area (Å²) in [6.45, 7) is 14.0. The highest BCUT2D eigenvalue weighted by Gasteiger charge is 2.53. The Balaban J connectivity index is 2.12. The second kappa shape index (κ2) is 12.9. The van der Waals surface area contributed by atoms with Crippen molar-refractivity contribution in [2.45, 2.75) is 69.9 Å². The molecule has 0 spiro atoms. The van der Waals surface area contributed by atoms with Crippen molar-refractivity contribution in [3.63, 3.8) is 0 Å². The van der Waals surface area contributed by atoms with E-state index < -0.39 is 13.5 Å². The summed E-state index contributed by atoms with van der Waals surface area (Å²) in [6.07, 6.45) is 3.46. The van der Waals surface area contributed by atoms with Gasteiger partial charge in [0.25, 0.3) is 0 Å². The molecule has 0 aromatic heterocycles. The number of allylic oxidation sites excluding steroid dienone is 1. The van der Waals surface area contributed by atoms with Crippen LogP contribution in [0.25, 0.3) is 0 Å². The Morgan fingerprint density at radius 2 is 1.86 bits per heavy atom. The summed E-state index contributed by atoms with van der Waals surface area (Å²) in [5.41, 5.74) is 1.34. The minimum atomic E-state index is -1.27. The quantitative estimate of drug-likeness (QED) is 0.164. The van der Waals surface area contributed by atoms with Gasteiger partial charge in [0.1, 0.15) is 0 Å². The van der Waals surface area contributed by atoms with Crippen molar-refractivity contribution in [2.75, 3.05) is 19.8 Å². The summed E-state index contributed by atoms with van der Waals surface area (Å²) >= 11 is 12.7. The number of benzene rings is 2. The number of aliphatic hydroxyl groups excluding tert-OH is 1. The predicted molar refractivity (Wildman–Crippen MR) is 157 cm³/mol. The lowest BCUT2D eigenvalue weighted by Gasteiger charge is -2.52. The van der Waals surface area contributed by atoms with E-state index in [9.17, 15) is 9.90 Å². The second-order valence-electron chi connectivity index (χ2n) is 11.6. The van der Waals surface area contributed by atoms with Gasteiger partial charge in [-0.3, -0.25) is 4.79 Å². The molecule has 1 saturated heterocycles. The van der Waals surface area contributed by atoms with Crippen LogP contribution in [0.4, 0.5) is 0 Å². The first-order chi connectivity index (χ1) is 17.5. The monoisotopic (exact) mass is 561 g/mol. The van der Waals surface area contributed by atoms with E-state index in [1.54, 1.807) is 0 Å². The predicted octanol–water partition coefficient (Wildman–Crippen LogP) is 7.74. The van der Waals surface area contributed by atoms with Crippen molar-refractivity contribution in [3.05, 3.63) is 82.4 Å². The minimum absolute atomic E-state index is 0.00128. The number of aliphatic hydroxyl groups is 1. The van der Waals surface area contributed by atoms with Crippen LogP contribution in [0, 0.1) is 5.41 Å². The molecule has 1 fully saturated rings. The van der Waals surface area contributed by atoms with E-state index in [2.05, 4.69) is 32.3 Å². The molecule has 1 aliphatic heterocycles. The fourth-order valence-electron chi connectivity index (χ4n) is 5.38. The Hall–Kier alpha value is -1.63. The van der Waals surface area contributed by atoms with Crippen LogP contribution in [0.3, 0.4) is 0 Å². The van der Waals surface area contributed by atoms with E-state index in [1.807, 2.05) is 60.4 Å². The number of hydrogen-bond acceptors (Lipinski definition) is 3. The average Bonchev–Trinajstić information content (AvgIpc) is 2.83. The van der Waals surface area contributed by atoms with Crippen molar-refractivity contribution in [2.24, 2.45) is 5.41 Å². The van der Waals surface area contributed by atoms with Crippen LogP contribution in [0.15, 0.2) is 61.2 Å². The molecule has 1 aliphatic rings. The molecule has 0 radical (unpaired) electrons. The Morgan fingerprint density at radius 1 is 1.16 bits per heavy atom. The van der Waals surface area contributed by atoms with E-state index in [0.717, 1.165) is 17.2 Å². The third kappa shape index (κ3) is 7.48. The van der Waals surface area contributed by atoms with Crippen LogP contribution in [0.1, 0.15) is 49.3 Å². The Labute approximate surface area is 233 Å². The van der Waals surface area contributed by atoms with E-state index >= 15 is 0 Å². The molecule has 2 aromatic carbocycles. The molecule has 37 heavy (non-hydrogen) atoms. The smallest absolute Gasteiger partial charge is 0.232 e. The maximum absolute atomic E-state index is 14.5. The fourth-order valence-corrected chi connectivity index (χ4v) is 6.46. The van der Waals surface area contributed by atoms with E-state index in [-0.39, 0.29) is 30.5 Å². The molecule has 3 rings (SSSR count). The zero-order chi connectivity index (χ0) is 27.2. The molecular weight excluding hydrogens is 521 g/mol. The number of hydrogen-bond donors (Lipinski definition) is 1. The van der Waals surface area contributed by atoms with Crippen LogP contribution >= 0.6 is 23.2 Å². The molecule has 2 aromatic rings. The van der Waals surface area contributed by atoms with Gasteiger partial charge in [-0.15, -0.1) is 6.58 Å². The van der Waals surface area contributed by atoms with Gasteiger partial charge in [-0.05, 0) is 67.6 Å². The van der Waals surface area contributed by atoms with Gasteiger partial charge in [0.05, 0.1) is 18.1 Å². The van der Waals surface area contributed by atoms with Crippen LogP contribution in [0.2, 0.25) is 35.7 Å². The SMILES string of the molecule is C=CC[C@@]1(COCC[Si](C)(C)C)C[C@H](c2cccc(Cl)c2)[C@@H](c2ccc(Cl)cc2)N([C@@H](C)CCO)C1=O. The number of likely N-dealkylation sites (tertiary alicyclic amines) is 1. The van der Waals surface area contributed by atoms with Gasteiger partial charge < -0.3 is 14.7 Å². The topological polar surface area (TPSA) is 49.8 Å². The minimum Gasteiger partial charge on any atom is -0.396 e. The maximum Gasteiger partial charge on any atom is 0.232 e. The summed E-state index contributed by atoms with van der Waals surface area (Å²) < 4.78 is 6.27. The number of amides is 1. The van der Waals surface area contributed by atoms with Gasteiger partial charge in [0.15, 0.2) is 0 Å². The summed E-state index contributed by atoms with van der Waals surface area (Å²) in [4.78, 5) is 16.5. The molecule has 0 unspecified atom stereocenters. The van der Waals surface area contributed by atoms with Gasteiger partial charge in [-0.2, -0.15) is 0 Å². The zero-order valence-electron chi connectivity index (χ0n) is 22.6. The van der Waals surface area contributed by atoms with Gasteiger partial charge >= 0.3 is 0 Å². The second-order valence-corrected chi connectivity index (χ2v) is 18.1. The number of piperidine rings is 1. The van der Waals surface area contributed by atoms with Crippen LogP contribution < -0.4 is 0 Å². The molecule has 0 aliphatic carbocycles. The summed E-state index contributed by atoms with van der Waals surface area (Å²) in [6, 6.07) is 16.3. The van der Waals surface area contributed by atoms with Gasteiger partial charge in [-0.25, -0.2) is 0 Å². The largest absolute Gasteiger partial charge is 0.396 e. The van der Waals surface area contributed by atoms with E-state index in [0.29, 0.717) is 42.5 Å². The van der Waals surface area contributed by atoms with Crippen LogP contribution in [-0.4, -0.2) is 49.8 Å². The molecule has 1 heterocycles. The van der Waals surface area contributed by atoms with E-state index in [1.165, 1.54) is 0 Å². The average molecular weight is 563 g/mol. The summed E-state index contributed by atoms with van der Waals surface area (Å²) in [5.74, 6) is 0.0267. The third-order valence-electron chi connectivity index (χ3n) is 7.40. The van der Waals surface area contributed by atoms with Crippen molar-refractivity contribution < 1.29 is 14.6 Å². The van der Waals surface area contributed by atoms with Crippen molar-refractivity contribution in [1.29, 1.82) is 0 Å². The summed E-state index contributed by atoms with van der Waals surface area (Å²) in [5, 5.41) is 11.2. The first kappa shape index (κ1) is 29.9. The number of nitrogens with zero attached hydrogens (tertiary/aromatic N) is 1.